The Bertz CT molecular complexity index is 1840. The van der Waals surface area contributed by atoms with Crippen LogP contribution in [0.1, 0.15) is 16.7 Å². The molecule has 6 rings (SSSR count). The van der Waals surface area contributed by atoms with Crippen molar-refractivity contribution in [3.05, 3.63) is 95.8 Å². The third-order valence-electron chi connectivity index (χ3n) is 6.68. The Morgan fingerprint density at radius 3 is 2.49 bits per heavy atom. The van der Waals surface area contributed by atoms with Crippen LogP contribution in [0.25, 0.3) is 27.5 Å². The minimum absolute atomic E-state index is 0.0268. The number of hydrogen-bond acceptors (Lipinski definition) is 6. The van der Waals surface area contributed by atoms with Gasteiger partial charge in [-0.2, -0.15) is 5.10 Å². The average molecular weight is 574 g/mol. The van der Waals surface area contributed by atoms with Crippen molar-refractivity contribution in [3.8, 4) is 11.4 Å². The predicted octanol–water partition coefficient (Wildman–Crippen LogP) is 7.16. The highest BCUT2D eigenvalue weighted by Gasteiger charge is 2.32. The maximum Gasteiger partial charge on any atom is 0.573 e. The second-order valence-corrected chi connectivity index (χ2v) is 10.4. The summed E-state index contributed by atoms with van der Waals surface area (Å²) in [6.07, 6.45) is -1.46. The van der Waals surface area contributed by atoms with Crippen molar-refractivity contribution < 1.29 is 22.7 Å². The normalized spacial score (nSPS) is 15.2. The van der Waals surface area contributed by atoms with Gasteiger partial charge in [0.15, 0.2) is 5.17 Å². The molecule has 1 aromatic heterocycles. The van der Waals surface area contributed by atoms with Crippen LogP contribution in [0.15, 0.2) is 89.3 Å². The number of aryl methyl sites for hydroxylation is 2. The topological polar surface area (TPSA) is 72.1 Å². The number of thioether (sulfide) groups is 1. The number of ether oxygens (including phenoxy) is 1. The van der Waals surface area contributed by atoms with Crippen molar-refractivity contribution in [2.75, 3.05) is 10.7 Å². The first kappa shape index (κ1) is 26.6. The van der Waals surface area contributed by atoms with E-state index in [1.54, 1.807) is 34.1 Å². The summed E-state index contributed by atoms with van der Waals surface area (Å²) in [5, 5.41) is 11.0. The maximum atomic E-state index is 12.7. The van der Waals surface area contributed by atoms with Gasteiger partial charge in [0.1, 0.15) is 12.1 Å². The number of anilines is 1. The van der Waals surface area contributed by atoms with E-state index in [-0.39, 0.29) is 11.7 Å². The number of aromatic nitrogens is 2. The maximum absolute atomic E-state index is 12.7. The number of hydrogen-bond donors (Lipinski definition) is 0. The standard InChI is InChI=1S/C30H22F3N5O2S/c1-18-4-3-5-19(2)28(18)38-26(39)16-41-29(38)36-35-15-20-6-12-24-21(14-20)7-13-25-27(24)34-17-37(25)22-8-10-23(11-9-22)40-30(31,32)33/h3-15,17H,16H2,1-2H3/b35-15+,36-29-. The van der Waals surface area contributed by atoms with Gasteiger partial charge >= 0.3 is 6.36 Å². The minimum Gasteiger partial charge on any atom is -0.406 e. The monoisotopic (exact) mass is 573 g/mol. The van der Waals surface area contributed by atoms with Gasteiger partial charge in [0.05, 0.1) is 28.7 Å². The van der Waals surface area contributed by atoms with Gasteiger partial charge in [0, 0.05) is 11.1 Å². The van der Waals surface area contributed by atoms with Crippen molar-refractivity contribution >= 4 is 56.5 Å². The number of amidine groups is 1. The van der Waals surface area contributed by atoms with E-state index in [1.165, 1.54) is 23.9 Å². The van der Waals surface area contributed by atoms with Gasteiger partial charge in [-0.3, -0.25) is 14.3 Å². The number of benzene rings is 4. The summed E-state index contributed by atoms with van der Waals surface area (Å²) in [5.74, 6) is -0.000611. The van der Waals surface area contributed by atoms with Crippen LogP contribution in [0.3, 0.4) is 0 Å². The van der Waals surface area contributed by atoms with Crippen molar-refractivity contribution in [3.63, 3.8) is 0 Å². The van der Waals surface area contributed by atoms with Crippen LogP contribution >= 0.6 is 11.8 Å². The zero-order chi connectivity index (χ0) is 28.7. The van der Waals surface area contributed by atoms with Gasteiger partial charge in [-0.15, -0.1) is 18.3 Å². The number of nitrogens with zero attached hydrogens (tertiary/aromatic N) is 5. The van der Waals surface area contributed by atoms with E-state index in [9.17, 15) is 18.0 Å². The molecule has 1 amide bonds. The van der Waals surface area contributed by atoms with Gasteiger partial charge in [-0.05, 0) is 72.3 Å². The third kappa shape index (κ3) is 5.28. The summed E-state index contributed by atoms with van der Waals surface area (Å²) < 4.78 is 43.2. The van der Waals surface area contributed by atoms with Crippen molar-refractivity contribution in [2.45, 2.75) is 20.2 Å². The first-order chi connectivity index (χ1) is 19.7. The van der Waals surface area contributed by atoms with E-state index in [2.05, 4.69) is 19.9 Å². The van der Waals surface area contributed by atoms with Gasteiger partial charge in [-0.1, -0.05) is 48.2 Å². The smallest absolute Gasteiger partial charge is 0.406 e. The number of carbonyl (C=O) groups excluding carboxylic acids is 1. The molecule has 1 aliphatic rings. The number of carbonyl (C=O) groups is 1. The highest BCUT2D eigenvalue weighted by molar-refractivity contribution is 8.15. The van der Waals surface area contributed by atoms with Crippen LogP contribution in [0.2, 0.25) is 0 Å². The molecule has 41 heavy (non-hydrogen) atoms. The van der Waals surface area contributed by atoms with Gasteiger partial charge in [0.2, 0.25) is 5.91 Å². The number of imidazole rings is 1. The molecule has 1 saturated heterocycles. The first-order valence-electron chi connectivity index (χ1n) is 12.6. The Labute approximate surface area is 237 Å². The second-order valence-electron chi connectivity index (χ2n) is 9.46. The molecule has 11 heteroatoms. The van der Waals surface area contributed by atoms with Crippen LogP contribution < -0.4 is 9.64 Å². The van der Waals surface area contributed by atoms with Crippen LogP contribution in [0.5, 0.6) is 5.75 Å². The van der Waals surface area contributed by atoms with Crippen molar-refractivity contribution in [1.82, 2.24) is 9.55 Å². The lowest BCUT2D eigenvalue weighted by molar-refractivity contribution is -0.274. The molecule has 0 atom stereocenters. The Morgan fingerprint density at radius 1 is 1.00 bits per heavy atom. The minimum atomic E-state index is -4.74. The molecule has 0 unspecified atom stereocenters. The van der Waals surface area contributed by atoms with Gasteiger partial charge in [-0.25, -0.2) is 4.98 Å². The fourth-order valence-electron chi connectivity index (χ4n) is 4.88. The van der Waals surface area contributed by atoms with E-state index >= 15 is 0 Å². The summed E-state index contributed by atoms with van der Waals surface area (Å²) in [7, 11) is 0. The van der Waals surface area contributed by atoms with E-state index in [0.29, 0.717) is 16.6 Å². The Balaban J connectivity index is 1.26. The zero-order valence-corrected chi connectivity index (χ0v) is 22.7. The molecular weight excluding hydrogens is 551 g/mol. The fourth-order valence-corrected chi connectivity index (χ4v) is 5.69. The predicted molar refractivity (Wildman–Crippen MR) is 156 cm³/mol. The summed E-state index contributed by atoms with van der Waals surface area (Å²) in [5.41, 5.74) is 5.88. The third-order valence-corrected chi connectivity index (χ3v) is 7.60. The molecule has 4 aromatic carbocycles. The van der Waals surface area contributed by atoms with Crippen LogP contribution in [-0.2, 0) is 4.79 Å². The Morgan fingerprint density at radius 2 is 1.76 bits per heavy atom. The van der Waals surface area contributed by atoms with Crippen LogP contribution in [0, 0.1) is 13.8 Å². The summed E-state index contributed by atoms with van der Waals surface area (Å²) in [4.78, 5) is 18.9. The molecule has 2 heterocycles. The quantitative estimate of drug-likeness (QED) is 0.165. The number of amides is 1. The number of para-hydroxylation sites is 1. The average Bonchev–Trinajstić information content (AvgIpc) is 3.52. The molecule has 0 aliphatic carbocycles. The van der Waals surface area contributed by atoms with Crippen LogP contribution in [0.4, 0.5) is 18.9 Å². The first-order valence-corrected chi connectivity index (χ1v) is 13.6. The Kier molecular flexibility index (Phi) is 6.74. The second kappa shape index (κ2) is 10.4. The molecule has 0 N–H and O–H groups in total. The summed E-state index contributed by atoms with van der Waals surface area (Å²) >= 11 is 1.36. The van der Waals surface area contributed by atoms with Gasteiger partial charge in [0.25, 0.3) is 0 Å². The number of alkyl halides is 3. The molecule has 1 fully saturated rings. The molecule has 5 aromatic rings. The molecule has 0 radical (unpaired) electrons. The number of halogens is 3. The summed E-state index contributed by atoms with van der Waals surface area (Å²) in [6, 6.07) is 21.2. The molecule has 1 aliphatic heterocycles. The Hall–Kier alpha value is -4.64. The molecule has 206 valence electrons. The fraction of sp³-hybridized carbons (Fsp3) is 0.133. The highest BCUT2D eigenvalue weighted by Crippen LogP contribution is 2.32. The molecular formula is C30H22F3N5O2S. The highest BCUT2D eigenvalue weighted by atomic mass is 32.2. The molecule has 0 bridgehead atoms. The lowest BCUT2D eigenvalue weighted by Crippen LogP contribution is -2.30. The van der Waals surface area contributed by atoms with E-state index in [1.807, 2.05) is 62.4 Å². The number of fused-ring (bicyclic) bond motifs is 3. The van der Waals surface area contributed by atoms with E-state index in [0.717, 1.165) is 44.2 Å². The lowest BCUT2D eigenvalue weighted by Gasteiger charge is -2.20. The SMILES string of the molecule is Cc1cccc(C)c1N1C(=O)CS/C1=N\N=C\c1ccc2c(ccc3c2ncn3-c2ccc(OC(F)(F)F)cc2)c1. The molecule has 7 nitrogen and oxygen atoms in total. The zero-order valence-electron chi connectivity index (χ0n) is 21.9. The van der Waals surface area contributed by atoms with Crippen molar-refractivity contribution in [1.29, 1.82) is 0 Å². The van der Waals surface area contributed by atoms with E-state index in [4.69, 9.17) is 0 Å². The molecule has 0 spiro atoms. The van der Waals surface area contributed by atoms with Crippen LogP contribution in [-0.4, -0.2) is 39.0 Å². The summed E-state index contributed by atoms with van der Waals surface area (Å²) in [6.45, 7) is 3.94. The molecule has 0 saturated carbocycles. The van der Waals surface area contributed by atoms with Crippen molar-refractivity contribution in [2.24, 2.45) is 10.2 Å². The largest absolute Gasteiger partial charge is 0.573 e. The number of rotatable bonds is 5. The van der Waals surface area contributed by atoms with Gasteiger partial charge < -0.3 is 4.74 Å². The van der Waals surface area contributed by atoms with E-state index < -0.39 is 6.36 Å². The lowest BCUT2D eigenvalue weighted by atomic mass is 10.1.